The Bertz CT molecular complexity index is 848. The van der Waals surface area contributed by atoms with Crippen molar-refractivity contribution < 1.29 is 0 Å². The summed E-state index contributed by atoms with van der Waals surface area (Å²) in [5, 5.41) is 14.2. The van der Waals surface area contributed by atoms with Gasteiger partial charge < -0.3 is 0 Å². The van der Waals surface area contributed by atoms with Crippen molar-refractivity contribution in [1.29, 1.82) is 0 Å². The third-order valence-electron chi connectivity index (χ3n) is 3.06. The fourth-order valence-electron chi connectivity index (χ4n) is 2.24. The van der Waals surface area contributed by atoms with Gasteiger partial charge in [0.15, 0.2) is 0 Å². The third kappa shape index (κ3) is 1.09. The van der Waals surface area contributed by atoms with Crippen LogP contribution in [0.2, 0.25) is 0 Å². The van der Waals surface area contributed by atoms with Gasteiger partial charge in [0.05, 0.1) is 5.52 Å². The van der Waals surface area contributed by atoms with E-state index in [0.717, 1.165) is 27.3 Å². The molecule has 0 atom stereocenters. The van der Waals surface area contributed by atoms with Crippen LogP contribution >= 0.6 is 0 Å². The molecule has 0 saturated carbocycles. The second-order valence-corrected chi connectivity index (χ2v) is 4.02. The summed E-state index contributed by atoms with van der Waals surface area (Å²) in [7, 11) is 0. The van der Waals surface area contributed by atoms with Gasteiger partial charge in [0.2, 0.25) is 0 Å². The Morgan fingerprint density at radius 2 is 1.82 bits per heavy atom. The third-order valence-corrected chi connectivity index (χ3v) is 3.06. The van der Waals surface area contributed by atoms with Gasteiger partial charge in [-0.15, -0.1) is 5.10 Å². The van der Waals surface area contributed by atoms with Crippen LogP contribution in [0.5, 0.6) is 0 Å². The van der Waals surface area contributed by atoms with Crippen LogP contribution in [-0.4, -0.2) is 20.4 Å². The highest BCUT2D eigenvalue weighted by atomic mass is 15.3. The molecule has 2 aromatic carbocycles. The molecule has 2 heterocycles. The summed E-state index contributed by atoms with van der Waals surface area (Å²) in [5.74, 6) is 0. The molecule has 0 aliphatic heterocycles. The van der Waals surface area contributed by atoms with Crippen molar-refractivity contribution in [3.8, 4) is 0 Å². The Morgan fingerprint density at radius 3 is 2.82 bits per heavy atom. The predicted molar refractivity (Wildman–Crippen MR) is 66.7 cm³/mol. The molecule has 0 radical (unpaired) electrons. The molecule has 0 aliphatic carbocycles. The number of aromatic amines is 1. The second-order valence-electron chi connectivity index (χ2n) is 4.02. The molecule has 0 unspecified atom stereocenters. The lowest BCUT2D eigenvalue weighted by molar-refractivity contribution is 0.960. The lowest BCUT2D eigenvalue weighted by atomic mass is 10.1. The molecule has 2 aromatic heterocycles. The van der Waals surface area contributed by atoms with Crippen LogP contribution in [0.1, 0.15) is 0 Å². The highest BCUT2D eigenvalue weighted by Crippen LogP contribution is 2.26. The van der Waals surface area contributed by atoms with Crippen molar-refractivity contribution in [2.24, 2.45) is 0 Å². The topological polar surface area (TPSA) is 54.5 Å². The number of benzene rings is 2. The zero-order valence-corrected chi connectivity index (χ0v) is 8.88. The highest BCUT2D eigenvalue weighted by molar-refractivity contribution is 6.12. The van der Waals surface area contributed by atoms with Crippen molar-refractivity contribution in [2.45, 2.75) is 0 Å². The molecule has 0 amide bonds. The smallest absolute Gasteiger partial charge is 0.139 e. The molecule has 1 N–H and O–H groups in total. The number of pyridine rings is 1. The van der Waals surface area contributed by atoms with Crippen molar-refractivity contribution in [3.05, 3.63) is 42.6 Å². The van der Waals surface area contributed by atoms with E-state index in [-0.39, 0.29) is 0 Å². The van der Waals surface area contributed by atoms with Crippen molar-refractivity contribution in [1.82, 2.24) is 20.4 Å². The summed E-state index contributed by atoms with van der Waals surface area (Å²) < 4.78 is 0. The Morgan fingerprint density at radius 1 is 0.882 bits per heavy atom. The number of nitrogens with one attached hydrogen (secondary N) is 1. The Balaban J connectivity index is 2.34. The molecular weight excluding hydrogens is 212 g/mol. The molecule has 0 fully saturated rings. The minimum Gasteiger partial charge on any atom is -0.257 e. The average Bonchev–Trinajstić information content (AvgIpc) is 2.86. The number of hydrogen-bond donors (Lipinski definition) is 1. The first-order chi connectivity index (χ1) is 8.43. The molecule has 4 nitrogen and oxygen atoms in total. The van der Waals surface area contributed by atoms with Crippen molar-refractivity contribution in [2.75, 3.05) is 0 Å². The summed E-state index contributed by atoms with van der Waals surface area (Å²) in [5.41, 5.74) is 2.64. The van der Waals surface area contributed by atoms with Crippen LogP contribution in [0.15, 0.2) is 42.6 Å². The van der Waals surface area contributed by atoms with Crippen LogP contribution in [0, 0.1) is 0 Å². The van der Waals surface area contributed by atoms with Crippen LogP contribution < -0.4 is 0 Å². The largest absolute Gasteiger partial charge is 0.257 e. The predicted octanol–water partition coefficient (Wildman–Crippen LogP) is 2.66. The van der Waals surface area contributed by atoms with E-state index in [9.17, 15) is 0 Å². The van der Waals surface area contributed by atoms with Gasteiger partial charge in [-0.3, -0.25) is 10.1 Å². The van der Waals surface area contributed by atoms with Crippen LogP contribution in [0.3, 0.4) is 0 Å². The zero-order chi connectivity index (χ0) is 11.2. The SMILES string of the molecule is c1ccc2c(c1)cnc1c2ccc2[nH]nnc21. The fraction of sp³-hybridized carbons (Fsp3) is 0. The summed E-state index contributed by atoms with van der Waals surface area (Å²) in [6.45, 7) is 0. The van der Waals surface area contributed by atoms with Gasteiger partial charge >= 0.3 is 0 Å². The van der Waals surface area contributed by atoms with Gasteiger partial charge in [-0.1, -0.05) is 29.5 Å². The van der Waals surface area contributed by atoms with E-state index in [4.69, 9.17) is 0 Å². The Kier molecular flexibility index (Phi) is 1.53. The molecule has 0 bridgehead atoms. The molecule has 4 aromatic rings. The van der Waals surface area contributed by atoms with E-state index in [1.54, 1.807) is 0 Å². The van der Waals surface area contributed by atoms with Crippen LogP contribution in [-0.2, 0) is 0 Å². The first-order valence-corrected chi connectivity index (χ1v) is 5.41. The van der Waals surface area contributed by atoms with E-state index >= 15 is 0 Å². The number of fused-ring (bicyclic) bond motifs is 5. The molecule has 4 heteroatoms. The maximum Gasteiger partial charge on any atom is 0.139 e. The molecule has 17 heavy (non-hydrogen) atoms. The van der Waals surface area contributed by atoms with E-state index < -0.39 is 0 Å². The highest BCUT2D eigenvalue weighted by Gasteiger charge is 2.07. The fourth-order valence-corrected chi connectivity index (χ4v) is 2.24. The standard InChI is InChI=1S/C13H8N4/c1-2-4-9-8(3-1)7-14-12-10(9)5-6-11-13(12)16-17-15-11/h1-7H,(H,15,16,17). The number of hydrogen-bond acceptors (Lipinski definition) is 3. The lowest BCUT2D eigenvalue weighted by Gasteiger charge is -2.02. The van der Waals surface area contributed by atoms with E-state index in [1.807, 2.05) is 24.4 Å². The summed E-state index contributed by atoms with van der Waals surface area (Å²) in [4.78, 5) is 4.49. The van der Waals surface area contributed by atoms with Gasteiger partial charge in [0.1, 0.15) is 11.0 Å². The molecule has 0 spiro atoms. The van der Waals surface area contributed by atoms with Crippen LogP contribution in [0.25, 0.3) is 32.7 Å². The molecule has 4 rings (SSSR count). The number of nitrogens with zero attached hydrogens (tertiary/aromatic N) is 3. The first kappa shape index (κ1) is 8.64. The maximum atomic E-state index is 4.49. The molecule has 0 saturated heterocycles. The quantitative estimate of drug-likeness (QED) is 0.463. The molecular formula is C13H8N4. The first-order valence-electron chi connectivity index (χ1n) is 5.41. The van der Waals surface area contributed by atoms with Gasteiger partial charge in [-0.2, -0.15) is 0 Å². The van der Waals surface area contributed by atoms with Gasteiger partial charge in [-0.25, -0.2) is 0 Å². The van der Waals surface area contributed by atoms with Gasteiger partial charge in [-0.05, 0) is 17.5 Å². The molecule has 0 aliphatic rings. The average molecular weight is 220 g/mol. The van der Waals surface area contributed by atoms with Gasteiger partial charge in [0.25, 0.3) is 0 Å². The monoisotopic (exact) mass is 220 g/mol. The minimum absolute atomic E-state index is 0.827. The number of H-pyrrole nitrogens is 1. The maximum absolute atomic E-state index is 4.49. The van der Waals surface area contributed by atoms with Crippen molar-refractivity contribution >= 4 is 32.7 Å². The lowest BCUT2D eigenvalue weighted by Crippen LogP contribution is -1.83. The Hall–Kier alpha value is -2.49. The summed E-state index contributed by atoms with van der Waals surface area (Å²) in [6.07, 6.45) is 1.88. The van der Waals surface area contributed by atoms with E-state index in [1.165, 1.54) is 5.39 Å². The minimum atomic E-state index is 0.827. The number of rotatable bonds is 0. The molecule has 80 valence electrons. The van der Waals surface area contributed by atoms with Crippen molar-refractivity contribution in [3.63, 3.8) is 0 Å². The van der Waals surface area contributed by atoms with Gasteiger partial charge in [0, 0.05) is 17.0 Å². The van der Waals surface area contributed by atoms with Crippen LogP contribution in [0.4, 0.5) is 0 Å². The second kappa shape index (κ2) is 3.01. The Labute approximate surface area is 96.3 Å². The summed E-state index contributed by atoms with van der Waals surface area (Å²) >= 11 is 0. The van der Waals surface area contributed by atoms with E-state index in [2.05, 4.69) is 38.6 Å². The normalized spacial score (nSPS) is 11.5. The van der Waals surface area contributed by atoms with E-state index in [0.29, 0.717) is 0 Å². The summed E-state index contributed by atoms with van der Waals surface area (Å²) in [6, 6.07) is 12.3. The zero-order valence-electron chi connectivity index (χ0n) is 8.88. The number of aromatic nitrogens is 4.